The molecule has 5 nitrogen and oxygen atoms in total. The normalized spacial score (nSPS) is 27.6. The first-order valence-electron chi connectivity index (χ1n) is 7.40. The molecule has 3 rings (SSSR count). The highest BCUT2D eigenvalue weighted by molar-refractivity contribution is 5.69. The number of amides is 1. The topological polar surface area (TPSA) is 51.7 Å². The molecule has 2 atom stereocenters. The predicted molar refractivity (Wildman–Crippen MR) is 78.3 cm³/mol. The second-order valence-corrected chi connectivity index (χ2v) is 7.11. The van der Waals surface area contributed by atoms with Gasteiger partial charge in [-0.25, -0.2) is 4.79 Å². The molecule has 2 aliphatic heterocycles. The number of fused-ring (bicyclic) bond motifs is 1. The van der Waals surface area contributed by atoms with Gasteiger partial charge in [0.2, 0.25) is 0 Å². The largest absolute Gasteiger partial charge is 0.483 e. The van der Waals surface area contributed by atoms with Gasteiger partial charge >= 0.3 is 6.09 Å². The number of nitrogens with zero attached hydrogens (tertiary/aromatic N) is 2. The van der Waals surface area contributed by atoms with Crippen LogP contribution in [0.15, 0.2) is 18.5 Å². The Morgan fingerprint density at radius 3 is 2.95 bits per heavy atom. The van der Waals surface area contributed by atoms with Gasteiger partial charge in [-0.1, -0.05) is 0 Å². The summed E-state index contributed by atoms with van der Waals surface area (Å²) in [6.45, 7) is 8.26. The quantitative estimate of drug-likeness (QED) is 0.737. The van der Waals surface area contributed by atoms with Gasteiger partial charge in [0.05, 0.1) is 12.7 Å². The maximum absolute atomic E-state index is 12.3. The molecule has 0 bridgehead atoms. The number of carbonyl (C=O) groups excluding carboxylic acids is 1. The Morgan fingerprint density at radius 2 is 2.29 bits per heavy atom. The fraction of sp³-hybridized carbons (Fsp3) is 0.625. The lowest BCUT2D eigenvalue weighted by atomic mass is 9.95. The lowest BCUT2D eigenvalue weighted by molar-refractivity contribution is 0.0191. The molecule has 1 fully saturated rings. The van der Waals surface area contributed by atoms with E-state index in [2.05, 4.69) is 4.98 Å². The Morgan fingerprint density at radius 1 is 1.52 bits per heavy atom. The minimum absolute atomic E-state index is 0.113. The number of ether oxygens (including phenoxy) is 2. The van der Waals surface area contributed by atoms with Gasteiger partial charge in [0.15, 0.2) is 0 Å². The maximum atomic E-state index is 12.3. The minimum atomic E-state index is -0.476. The number of hydrogen-bond donors (Lipinski definition) is 0. The summed E-state index contributed by atoms with van der Waals surface area (Å²) in [4.78, 5) is 18.2. The van der Waals surface area contributed by atoms with Crippen molar-refractivity contribution in [2.24, 2.45) is 0 Å². The van der Waals surface area contributed by atoms with Crippen molar-refractivity contribution in [3.05, 3.63) is 24.0 Å². The van der Waals surface area contributed by atoms with Crippen LogP contribution in [0, 0.1) is 0 Å². The molecule has 1 aromatic rings. The Bertz CT molecular complexity index is 540. The van der Waals surface area contributed by atoms with Crippen LogP contribution >= 0.6 is 0 Å². The van der Waals surface area contributed by atoms with Crippen LogP contribution in [-0.2, 0) is 11.2 Å². The minimum Gasteiger partial charge on any atom is -0.483 e. The molecule has 3 heterocycles. The SMILES string of the molecule is CC1CC2(Cc3ccncc3O2)CN1C(=O)OC(C)(C)C. The number of pyridine rings is 1. The van der Waals surface area contributed by atoms with Gasteiger partial charge in [-0.15, -0.1) is 0 Å². The smallest absolute Gasteiger partial charge is 0.410 e. The Hall–Kier alpha value is -1.78. The van der Waals surface area contributed by atoms with Crippen LogP contribution in [0.5, 0.6) is 5.75 Å². The zero-order chi connectivity index (χ0) is 15.3. The van der Waals surface area contributed by atoms with Gasteiger partial charge in [-0.05, 0) is 33.8 Å². The molecule has 0 aromatic carbocycles. The highest BCUT2D eigenvalue weighted by atomic mass is 16.6. The summed E-state index contributed by atoms with van der Waals surface area (Å²) in [5.41, 5.74) is 0.376. The number of rotatable bonds is 0. The van der Waals surface area contributed by atoms with Crippen molar-refractivity contribution < 1.29 is 14.3 Å². The summed E-state index contributed by atoms with van der Waals surface area (Å²) in [6.07, 6.45) is 4.93. The summed E-state index contributed by atoms with van der Waals surface area (Å²) in [6, 6.07) is 2.10. The fourth-order valence-corrected chi connectivity index (χ4v) is 3.21. The molecule has 2 aliphatic rings. The highest BCUT2D eigenvalue weighted by Gasteiger charge is 2.50. The van der Waals surface area contributed by atoms with Crippen LogP contribution in [0.3, 0.4) is 0 Å². The van der Waals surface area contributed by atoms with Gasteiger partial charge < -0.3 is 14.4 Å². The van der Waals surface area contributed by atoms with E-state index in [1.807, 2.05) is 33.8 Å². The van der Waals surface area contributed by atoms with Crippen molar-refractivity contribution >= 4 is 6.09 Å². The van der Waals surface area contributed by atoms with E-state index in [1.54, 1.807) is 17.3 Å². The van der Waals surface area contributed by atoms with E-state index in [1.165, 1.54) is 5.56 Å². The Kier molecular flexibility index (Phi) is 3.11. The number of carbonyl (C=O) groups is 1. The van der Waals surface area contributed by atoms with Crippen molar-refractivity contribution in [1.29, 1.82) is 0 Å². The monoisotopic (exact) mass is 290 g/mol. The summed E-state index contributed by atoms with van der Waals surface area (Å²) in [7, 11) is 0. The molecule has 0 N–H and O–H groups in total. The number of likely N-dealkylation sites (tertiary alicyclic amines) is 1. The van der Waals surface area contributed by atoms with E-state index in [0.29, 0.717) is 6.54 Å². The van der Waals surface area contributed by atoms with Crippen molar-refractivity contribution in [2.75, 3.05) is 6.54 Å². The van der Waals surface area contributed by atoms with Gasteiger partial charge in [0.1, 0.15) is 17.0 Å². The van der Waals surface area contributed by atoms with E-state index in [9.17, 15) is 4.79 Å². The van der Waals surface area contributed by atoms with E-state index in [-0.39, 0.29) is 17.7 Å². The molecule has 114 valence electrons. The van der Waals surface area contributed by atoms with E-state index < -0.39 is 5.60 Å². The van der Waals surface area contributed by atoms with Crippen LogP contribution < -0.4 is 4.74 Å². The average molecular weight is 290 g/mol. The summed E-state index contributed by atoms with van der Waals surface area (Å²) >= 11 is 0. The van der Waals surface area contributed by atoms with Crippen LogP contribution in [0.4, 0.5) is 4.79 Å². The van der Waals surface area contributed by atoms with Crippen LogP contribution in [-0.4, -0.2) is 39.8 Å². The number of aromatic nitrogens is 1. The average Bonchev–Trinajstić information content (AvgIpc) is 2.86. The molecule has 0 radical (unpaired) electrons. The molecule has 2 unspecified atom stereocenters. The molecule has 21 heavy (non-hydrogen) atoms. The van der Waals surface area contributed by atoms with Crippen molar-refractivity contribution in [3.63, 3.8) is 0 Å². The van der Waals surface area contributed by atoms with Crippen molar-refractivity contribution in [2.45, 2.75) is 57.8 Å². The van der Waals surface area contributed by atoms with E-state index >= 15 is 0 Å². The van der Waals surface area contributed by atoms with Gasteiger partial charge in [-0.2, -0.15) is 0 Å². The lowest BCUT2D eigenvalue weighted by Gasteiger charge is -2.27. The van der Waals surface area contributed by atoms with Crippen LogP contribution in [0.1, 0.15) is 39.7 Å². The van der Waals surface area contributed by atoms with E-state index in [0.717, 1.165) is 18.6 Å². The predicted octanol–water partition coefficient (Wildman–Crippen LogP) is 2.78. The van der Waals surface area contributed by atoms with Crippen LogP contribution in [0.2, 0.25) is 0 Å². The van der Waals surface area contributed by atoms with Gasteiger partial charge in [-0.3, -0.25) is 4.98 Å². The zero-order valence-electron chi connectivity index (χ0n) is 13.0. The first kappa shape index (κ1) is 14.2. The molecule has 5 heteroatoms. The molecular formula is C16H22N2O3. The Labute approximate surface area is 125 Å². The van der Waals surface area contributed by atoms with E-state index in [4.69, 9.17) is 9.47 Å². The second kappa shape index (κ2) is 4.61. The molecule has 1 spiro atoms. The summed E-state index contributed by atoms with van der Waals surface area (Å²) in [5, 5.41) is 0. The van der Waals surface area contributed by atoms with Crippen molar-refractivity contribution in [3.8, 4) is 5.75 Å². The van der Waals surface area contributed by atoms with Gasteiger partial charge in [0, 0.05) is 30.6 Å². The first-order valence-corrected chi connectivity index (χ1v) is 7.40. The third-order valence-corrected chi connectivity index (χ3v) is 4.00. The molecular weight excluding hydrogens is 268 g/mol. The lowest BCUT2D eigenvalue weighted by Crippen LogP contribution is -2.42. The second-order valence-electron chi connectivity index (χ2n) is 7.11. The highest BCUT2D eigenvalue weighted by Crippen LogP contribution is 2.42. The molecule has 1 aromatic heterocycles. The first-order chi connectivity index (χ1) is 9.78. The van der Waals surface area contributed by atoms with Crippen molar-refractivity contribution in [1.82, 2.24) is 9.88 Å². The third-order valence-electron chi connectivity index (χ3n) is 4.00. The fourth-order valence-electron chi connectivity index (χ4n) is 3.21. The Balaban J connectivity index is 1.74. The molecule has 1 saturated heterocycles. The molecule has 1 amide bonds. The molecule has 0 saturated carbocycles. The number of hydrogen-bond acceptors (Lipinski definition) is 4. The molecule has 0 aliphatic carbocycles. The summed E-state index contributed by atoms with van der Waals surface area (Å²) in [5.74, 6) is 0.843. The standard InChI is InChI=1S/C16H22N2O3/c1-11-7-16(8-12-5-6-17-9-13(12)20-16)10-18(11)14(19)21-15(2,3)4/h5-6,9,11H,7-8,10H2,1-4H3. The third kappa shape index (κ3) is 2.69. The van der Waals surface area contributed by atoms with Gasteiger partial charge in [0.25, 0.3) is 0 Å². The van der Waals surface area contributed by atoms with Crippen LogP contribution in [0.25, 0.3) is 0 Å². The zero-order valence-corrected chi connectivity index (χ0v) is 13.0. The maximum Gasteiger partial charge on any atom is 0.410 e. The summed E-state index contributed by atoms with van der Waals surface area (Å²) < 4.78 is 11.6.